The zero-order valence-electron chi connectivity index (χ0n) is 11.3. The lowest BCUT2D eigenvalue weighted by atomic mass is 10.0. The largest absolute Gasteiger partial charge is 0.308 e. The molecule has 1 aromatic heterocycles. The maximum Gasteiger partial charge on any atom is 0.0759 e. The summed E-state index contributed by atoms with van der Waals surface area (Å²) < 4.78 is 0. The van der Waals surface area contributed by atoms with E-state index in [1.54, 1.807) is 18.6 Å². The van der Waals surface area contributed by atoms with Crippen LogP contribution in [0.2, 0.25) is 10.0 Å². The second-order valence-corrected chi connectivity index (χ2v) is 5.36. The zero-order valence-corrected chi connectivity index (χ0v) is 12.8. The molecule has 2 aromatic rings. The Balaban J connectivity index is 2.24. The molecule has 0 bridgehead atoms. The van der Waals surface area contributed by atoms with Crippen molar-refractivity contribution in [2.75, 3.05) is 6.54 Å². The summed E-state index contributed by atoms with van der Waals surface area (Å²) in [6.07, 6.45) is 6.88. The average Bonchev–Trinajstić information content (AvgIpc) is 2.47. The van der Waals surface area contributed by atoms with Crippen molar-refractivity contribution in [3.05, 3.63) is 58.1 Å². The van der Waals surface area contributed by atoms with Gasteiger partial charge in [0.05, 0.1) is 11.7 Å². The summed E-state index contributed by atoms with van der Waals surface area (Å²) in [6, 6.07) is 5.62. The molecule has 0 saturated heterocycles. The summed E-state index contributed by atoms with van der Waals surface area (Å²) in [4.78, 5) is 8.51. The van der Waals surface area contributed by atoms with Gasteiger partial charge in [0.25, 0.3) is 0 Å². The number of halogens is 2. The highest BCUT2D eigenvalue weighted by Crippen LogP contribution is 2.28. The smallest absolute Gasteiger partial charge is 0.0759 e. The van der Waals surface area contributed by atoms with Crippen LogP contribution < -0.4 is 5.32 Å². The third-order valence-electron chi connectivity index (χ3n) is 3.05. The number of nitrogens with one attached hydrogen (secondary N) is 1. The fourth-order valence-corrected chi connectivity index (χ4v) is 2.57. The standard InChI is InChI=1S/C15H17Cl2N3/c1-2-6-19-14(15-10-18-7-8-20-15)9-11-12(16)4-3-5-13(11)17/h3-5,7-8,10,14,19H,2,6,9H2,1H3. The summed E-state index contributed by atoms with van der Waals surface area (Å²) in [5.74, 6) is 0. The van der Waals surface area contributed by atoms with Gasteiger partial charge in [0.15, 0.2) is 0 Å². The van der Waals surface area contributed by atoms with Gasteiger partial charge in [-0.15, -0.1) is 0 Å². The first-order valence-corrected chi connectivity index (χ1v) is 7.40. The Hall–Kier alpha value is -1.16. The SMILES string of the molecule is CCCNC(Cc1c(Cl)cccc1Cl)c1cnccn1. The molecule has 0 aliphatic carbocycles. The first-order valence-electron chi connectivity index (χ1n) is 6.64. The highest BCUT2D eigenvalue weighted by molar-refractivity contribution is 6.36. The van der Waals surface area contributed by atoms with Crippen molar-refractivity contribution in [1.29, 1.82) is 0 Å². The molecule has 1 unspecified atom stereocenters. The van der Waals surface area contributed by atoms with Gasteiger partial charge in [0.1, 0.15) is 0 Å². The van der Waals surface area contributed by atoms with E-state index in [9.17, 15) is 0 Å². The molecule has 0 spiro atoms. The van der Waals surface area contributed by atoms with Gasteiger partial charge in [0, 0.05) is 28.6 Å². The van der Waals surface area contributed by atoms with Gasteiger partial charge in [-0.3, -0.25) is 9.97 Å². The van der Waals surface area contributed by atoms with Crippen LogP contribution in [0.4, 0.5) is 0 Å². The molecule has 1 heterocycles. The van der Waals surface area contributed by atoms with Gasteiger partial charge in [-0.25, -0.2) is 0 Å². The molecule has 0 aliphatic heterocycles. The fraction of sp³-hybridized carbons (Fsp3) is 0.333. The van der Waals surface area contributed by atoms with E-state index in [0.717, 1.165) is 24.2 Å². The van der Waals surface area contributed by atoms with E-state index in [0.29, 0.717) is 16.5 Å². The Morgan fingerprint density at radius 3 is 2.55 bits per heavy atom. The van der Waals surface area contributed by atoms with E-state index in [2.05, 4.69) is 22.2 Å². The molecule has 106 valence electrons. The van der Waals surface area contributed by atoms with Crippen molar-refractivity contribution >= 4 is 23.2 Å². The molecule has 0 saturated carbocycles. The van der Waals surface area contributed by atoms with Crippen LogP contribution >= 0.6 is 23.2 Å². The number of rotatable bonds is 6. The van der Waals surface area contributed by atoms with Crippen LogP contribution in [0.15, 0.2) is 36.8 Å². The predicted molar refractivity (Wildman–Crippen MR) is 83.2 cm³/mol. The maximum absolute atomic E-state index is 6.25. The van der Waals surface area contributed by atoms with Crippen LogP contribution in [0, 0.1) is 0 Å². The lowest BCUT2D eigenvalue weighted by Crippen LogP contribution is -2.25. The van der Waals surface area contributed by atoms with Gasteiger partial charge in [0.2, 0.25) is 0 Å². The van der Waals surface area contributed by atoms with Crippen LogP contribution in [0.5, 0.6) is 0 Å². The highest BCUT2D eigenvalue weighted by atomic mass is 35.5. The van der Waals surface area contributed by atoms with Crippen LogP contribution in [0.3, 0.4) is 0 Å². The summed E-state index contributed by atoms with van der Waals surface area (Å²) in [6.45, 7) is 3.03. The number of nitrogens with zero attached hydrogens (tertiary/aromatic N) is 2. The van der Waals surface area contributed by atoms with Gasteiger partial charge in [-0.05, 0) is 37.1 Å². The Labute approximate surface area is 129 Å². The minimum absolute atomic E-state index is 0.0565. The maximum atomic E-state index is 6.25. The second kappa shape index (κ2) is 7.58. The lowest BCUT2D eigenvalue weighted by Gasteiger charge is -2.19. The molecule has 5 heteroatoms. The van der Waals surface area contributed by atoms with Gasteiger partial charge < -0.3 is 5.32 Å². The van der Waals surface area contributed by atoms with Crippen LogP contribution in [-0.4, -0.2) is 16.5 Å². The Morgan fingerprint density at radius 2 is 1.95 bits per heavy atom. The first kappa shape index (κ1) is 15.2. The van der Waals surface area contributed by atoms with Crippen molar-refractivity contribution in [1.82, 2.24) is 15.3 Å². The van der Waals surface area contributed by atoms with E-state index < -0.39 is 0 Å². The quantitative estimate of drug-likeness (QED) is 0.874. The van der Waals surface area contributed by atoms with E-state index in [1.165, 1.54) is 0 Å². The lowest BCUT2D eigenvalue weighted by molar-refractivity contribution is 0.516. The normalized spacial score (nSPS) is 12.3. The van der Waals surface area contributed by atoms with Crippen LogP contribution in [0.25, 0.3) is 0 Å². The Kier molecular flexibility index (Phi) is 5.77. The van der Waals surface area contributed by atoms with Crippen LogP contribution in [-0.2, 0) is 6.42 Å². The number of hydrogen-bond acceptors (Lipinski definition) is 3. The topological polar surface area (TPSA) is 37.8 Å². The minimum Gasteiger partial charge on any atom is -0.308 e. The van der Waals surface area contributed by atoms with Gasteiger partial charge >= 0.3 is 0 Å². The first-order chi connectivity index (χ1) is 9.72. The molecule has 0 radical (unpaired) electrons. The Morgan fingerprint density at radius 1 is 1.20 bits per heavy atom. The molecule has 0 aliphatic rings. The van der Waals surface area contributed by atoms with E-state index in [1.807, 2.05) is 18.2 Å². The van der Waals surface area contributed by atoms with Gasteiger partial charge in [-0.2, -0.15) is 0 Å². The van der Waals surface area contributed by atoms with E-state index >= 15 is 0 Å². The summed E-state index contributed by atoms with van der Waals surface area (Å²) in [5.41, 5.74) is 1.84. The van der Waals surface area contributed by atoms with Crippen molar-refractivity contribution in [2.24, 2.45) is 0 Å². The molecule has 1 atom stereocenters. The molecular formula is C15H17Cl2N3. The monoisotopic (exact) mass is 309 g/mol. The number of aromatic nitrogens is 2. The van der Waals surface area contributed by atoms with Crippen molar-refractivity contribution in [3.8, 4) is 0 Å². The average molecular weight is 310 g/mol. The second-order valence-electron chi connectivity index (χ2n) is 4.54. The van der Waals surface area contributed by atoms with Gasteiger partial charge in [-0.1, -0.05) is 36.2 Å². The Bertz CT molecular complexity index is 526. The third kappa shape index (κ3) is 3.92. The molecule has 2 rings (SSSR count). The molecule has 0 amide bonds. The molecule has 1 aromatic carbocycles. The number of hydrogen-bond donors (Lipinski definition) is 1. The third-order valence-corrected chi connectivity index (χ3v) is 3.76. The minimum atomic E-state index is 0.0565. The van der Waals surface area contributed by atoms with Crippen LogP contribution in [0.1, 0.15) is 30.6 Å². The van der Waals surface area contributed by atoms with E-state index in [4.69, 9.17) is 23.2 Å². The molecule has 3 nitrogen and oxygen atoms in total. The number of benzene rings is 1. The predicted octanol–water partition coefficient (Wildman–Crippen LogP) is 4.07. The summed E-state index contributed by atoms with van der Waals surface area (Å²) in [7, 11) is 0. The van der Waals surface area contributed by atoms with Crippen molar-refractivity contribution in [3.63, 3.8) is 0 Å². The zero-order chi connectivity index (χ0) is 14.4. The molecular weight excluding hydrogens is 293 g/mol. The fourth-order valence-electron chi connectivity index (χ4n) is 2.02. The molecule has 1 N–H and O–H groups in total. The van der Waals surface area contributed by atoms with Crippen molar-refractivity contribution < 1.29 is 0 Å². The summed E-state index contributed by atoms with van der Waals surface area (Å²) in [5, 5.41) is 4.84. The van der Waals surface area contributed by atoms with Crippen molar-refractivity contribution in [2.45, 2.75) is 25.8 Å². The van der Waals surface area contributed by atoms with E-state index in [-0.39, 0.29) is 6.04 Å². The summed E-state index contributed by atoms with van der Waals surface area (Å²) >= 11 is 12.5. The molecule has 20 heavy (non-hydrogen) atoms. The molecule has 0 fully saturated rings. The highest BCUT2D eigenvalue weighted by Gasteiger charge is 2.16.